The molecule has 11 heavy (non-hydrogen) atoms. The lowest BCUT2D eigenvalue weighted by molar-refractivity contribution is 0.607. The molecule has 62 valence electrons. The number of sulfone groups is 1. The van der Waals surface area contributed by atoms with Gasteiger partial charge in [0.25, 0.3) is 0 Å². The minimum absolute atomic E-state index is 1.16. The normalized spacial score (nSPS) is 9.64. The predicted molar refractivity (Wildman–Crippen MR) is 47.2 cm³/mol. The Balaban J connectivity index is 0.000000187. The fraction of sp³-hybridized carbons (Fsp3) is 0.250. The van der Waals surface area contributed by atoms with Gasteiger partial charge in [0.1, 0.15) is 9.84 Å². The van der Waals surface area contributed by atoms with E-state index in [1.165, 1.54) is 0 Å². The molecule has 1 rings (SSSR count). The molecule has 0 radical (unpaired) electrons. The SMILES string of the molecule is CS(C)(=O)=O.c1ccccc1. The van der Waals surface area contributed by atoms with Gasteiger partial charge in [-0.1, -0.05) is 36.4 Å². The Morgan fingerprint density at radius 2 is 0.818 bits per heavy atom. The predicted octanol–water partition coefficient (Wildman–Crippen LogP) is 1.35. The maximum Gasteiger partial charge on any atom is 0.144 e. The van der Waals surface area contributed by atoms with E-state index in [1.54, 1.807) is 0 Å². The first-order valence-corrected chi connectivity index (χ1v) is 5.45. The molecule has 0 spiro atoms. The Morgan fingerprint density at radius 3 is 0.909 bits per heavy atom. The van der Waals surface area contributed by atoms with E-state index in [4.69, 9.17) is 0 Å². The summed E-state index contributed by atoms with van der Waals surface area (Å²) in [5.74, 6) is 0. The van der Waals surface area contributed by atoms with Crippen molar-refractivity contribution in [1.29, 1.82) is 0 Å². The maximum atomic E-state index is 9.63. The molecule has 0 aromatic heterocycles. The highest BCUT2D eigenvalue weighted by Gasteiger charge is 1.79. The van der Waals surface area contributed by atoms with Gasteiger partial charge in [-0.2, -0.15) is 0 Å². The zero-order valence-electron chi connectivity index (χ0n) is 6.69. The molecule has 0 aliphatic carbocycles. The molecule has 0 heterocycles. The van der Waals surface area contributed by atoms with Gasteiger partial charge >= 0.3 is 0 Å². The topological polar surface area (TPSA) is 34.1 Å². The molecule has 0 bridgehead atoms. The highest BCUT2D eigenvalue weighted by Crippen LogP contribution is 1.79. The highest BCUT2D eigenvalue weighted by atomic mass is 32.2. The summed E-state index contributed by atoms with van der Waals surface area (Å²) < 4.78 is 19.3. The van der Waals surface area contributed by atoms with E-state index < -0.39 is 9.84 Å². The standard InChI is InChI=1S/C6H6.C2H6O2S/c1-2-4-6-5-3-1;1-5(2,3)4/h1-6H;1-2H3. The van der Waals surface area contributed by atoms with Crippen LogP contribution in [-0.4, -0.2) is 20.9 Å². The molecular weight excluding hydrogens is 160 g/mol. The molecule has 0 saturated carbocycles. The molecule has 1 aromatic rings. The first-order valence-electron chi connectivity index (χ1n) is 3.15. The lowest BCUT2D eigenvalue weighted by Gasteiger charge is -1.69. The number of benzene rings is 1. The van der Waals surface area contributed by atoms with Crippen molar-refractivity contribution >= 4 is 9.84 Å². The first kappa shape index (κ1) is 10.2. The summed E-state index contributed by atoms with van der Waals surface area (Å²) in [6.45, 7) is 0. The van der Waals surface area contributed by atoms with Gasteiger partial charge in [0.2, 0.25) is 0 Å². The number of hydrogen-bond acceptors (Lipinski definition) is 2. The Hall–Kier alpha value is -0.830. The van der Waals surface area contributed by atoms with Crippen LogP contribution in [0.5, 0.6) is 0 Å². The molecule has 0 unspecified atom stereocenters. The lowest BCUT2D eigenvalue weighted by Crippen LogP contribution is -1.86. The second-order valence-electron chi connectivity index (χ2n) is 2.30. The van der Waals surface area contributed by atoms with Crippen LogP contribution in [0, 0.1) is 0 Å². The Labute approximate surface area is 67.8 Å². The molecule has 2 nitrogen and oxygen atoms in total. The summed E-state index contributed by atoms with van der Waals surface area (Å²) in [4.78, 5) is 0. The zero-order valence-corrected chi connectivity index (χ0v) is 7.51. The molecule has 0 amide bonds. The first-order chi connectivity index (χ1) is 5.00. The van der Waals surface area contributed by atoms with Crippen molar-refractivity contribution in [2.45, 2.75) is 0 Å². The van der Waals surface area contributed by atoms with Crippen LogP contribution in [0.2, 0.25) is 0 Å². The van der Waals surface area contributed by atoms with Crippen LogP contribution in [0.4, 0.5) is 0 Å². The van der Waals surface area contributed by atoms with Crippen LogP contribution in [0.15, 0.2) is 36.4 Å². The van der Waals surface area contributed by atoms with E-state index in [0.717, 1.165) is 12.5 Å². The minimum atomic E-state index is -2.67. The summed E-state index contributed by atoms with van der Waals surface area (Å²) in [6, 6.07) is 12.0. The van der Waals surface area contributed by atoms with E-state index in [1.807, 2.05) is 36.4 Å². The van der Waals surface area contributed by atoms with Crippen molar-refractivity contribution in [3.63, 3.8) is 0 Å². The van der Waals surface area contributed by atoms with E-state index in [-0.39, 0.29) is 0 Å². The van der Waals surface area contributed by atoms with Crippen molar-refractivity contribution < 1.29 is 8.42 Å². The zero-order chi connectivity index (χ0) is 8.74. The van der Waals surface area contributed by atoms with Crippen molar-refractivity contribution in [2.75, 3.05) is 12.5 Å². The van der Waals surface area contributed by atoms with Crippen LogP contribution in [0.25, 0.3) is 0 Å². The Morgan fingerprint density at radius 1 is 0.727 bits per heavy atom. The molecule has 1 aromatic carbocycles. The Kier molecular flexibility index (Phi) is 4.54. The summed E-state index contributed by atoms with van der Waals surface area (Å²) in [6.07, 6.45) is 2.32. The third kappa shape index (κ3) is 17.6. The van der Waals surface area contributed by atoms with Gasteiger partial charge in [0.05, 0.1) is 0 Å². The molecule has 0 saturated heterocycles. The second-order valence-corrected chi connectivity index (χ2v) is 4.58. The number of hydrogen-bond donors (Lipinski definition) is 0. The van der Waals surface area contributed by atoms with Gasteiger partial charge < -0.3 is 0 Å². The third-order valence-corrected chi connectivity index (χ3v) is 0.667. The smallest absolute Gasteiger partial charge is 0.144 e. The quantitative estimate of drug-likeness (QED) is 0.592. The van der Waals surface area contributed by atoms with Gasteiger partial charge in [-0.05, 0) is 0 Å². The Bertz CT molecular complexity index is 229. The van der Waals surface area contributed by atoms with Crippen LogP contribution in [0.1, 0.15) is 0 Å². The summed E-state index contributed by atoms with van der Waals surface area (Å²) in [5, 5.41) is 0. The highest BCUT2D eigenvalue weighted by molar-refractivity contribution is 7.89. The van der Waals surface area contributed by atoms with Crippen molar-refractivity contribution in [3.8, 4) is 0 Å². The largest absolute Gasteiger partial charge is 0.229 e. The summed E-state index contributed by atoms with van der Waals surface area (Å²) >= 11 is 0. The molecule has 0 fully saturated rings. The van der Waals surface area contributed by atoms with Crippen LogP contribution >= 0.6 is 0 Å². The fourth-order valence-corrected chi connectivity index (χ4v) is 0.385. The van der Waals surface area contributed by atoms with Gasteiger partial charge in [-0.3, -0.25) is 0 Å². The monoisotopic (exact) mass is 172 g/mol. The van der Waals surface area contributed by atoms with E-state index in [9.17, 15) is 8.42 Å². The molecular formula is C8H12O2S. The average molecular weight is 172 g/mol. The van der Waals surface area contributed by atoms with E-state index in [2.05, 4.69) is 0 Å². The summed E-state index contributed by atoms with van der Waals surface area (Å²) in [5.41, 5.74) is 0. The fourth-order valence-electron chi connectivity index (χ4n) is 0.385. The van der Waals surface area contributed by atoms with Crippen LogP contribution < -0.4 is 0 Å². The van der Waals surface area contributed by atoms with Crippen LogP contribution in [0.3, 0.4) is 0 Å². The van der Waals surface area contributed by atoms with Gasteiger partial charge in [0, 0.05) is 12.5 Å². The molecule has 0 N–H and O–H groups in total. The van der Waals surface area contributed by atoms with Crippen molar-refractivity contribution in [2.24, 2.45) is 0 Å². The third-order valence-electron chi connectivity index (χ3n) is 0.667. The minimum Gasteiger partial charge on any atom is -0.229 e. The average Bonchev–Trinajstić information content (AvgIpc) is 1.88. The van der Waals surface area contributed by atoms with Crippen molar-refractivity contribution in [1.82, 2.24) is 0 Å². The van der Waals surface area contributed by atoms with E-state index >= 15 is 0 Å². The van der Waals surface area contributed by atoms with Gasteiger partial charge in [-0.15, -0.1) is 0 Å². The molecule has 0 aliphatic rings. The maximum absolute atomic E-state index is 9.63. The molecule has 3 heteroatoms. The van der Waals surface area contributed by atoms with E-state index in [0.29, 0.717) is 0 Å². The second kappa shape index (κ2) is 4.91. The molecule has 0 aliphatic heterocycles. The molecule has 0 atom stereocenters. The van der Waals surface area contributed by atoms with Crippen molar-refractivity contribution in [3.05, 3.63) is 36.4 Å². The summed E-state index contributed by atoms with van der Waals surface area (Å²) in [7, 11) is -2.67. The van der Waals surface area contributed by atoms with Gasteiger partial charge in [0.15, 0.2) is 0 Å². The lowest BCUT2D eigenvalue weighted by atomic mass is 10.4. The van der Waals surface area contributed by atoms with Gasteiger partial charge in [-0.25, -0.2) is 8.42 Å². The van der Waals surface area contributed by atoms with Crippen LogP contribution in [-0.2, 0) is 9.84 Å². The number of rotatable bonds is 0.